The van der Waals surface area contributed by atoms with Crippen LogP contribution >= 0.6 is 12.2 Å². The minimum atomic E-state index is -4.00. The van der Waals surface area contributed by atoms with Gasteiger partial charge in [0.15, 0.2) is 5.11 Å². The second-order valence-corrected chi connectivity index (χ2v) is 10.8. The largest absolute Gasteiger partial charge is 0.377 e. The first kappa shape index (κ1) is 25.0. The summed E-state index contributed by atoms with van der Waals surface area (Å²) in [6.45, 7) is 3.80. The summed E-state index contributed by atoms with van der Waals surface area (Å²) in [5.41, 5.74) is 1.15. The van der Waals surface area contributed by atoms with Crippen LogP contribution in [0.1, 0.15) is 51.1 Å². The quantitative estimate of drug-likeness (QED) is 0.289. The van der Waals surface area contributed by atoms with E-state index in [1.165, 1.54) is 6.07 Å². The van der Waals surface area contributed by atoms with Gasteiger partial charge in [-0.15, -0.1) is 0 Å². The second kappa shape index (κ2) is 9.68. The molecule has 1 aliphatic carbocycles. The van der Waals surface area contributed by atoms with Gasteiger partial charge in [-0.2, -0.15) is 0 Å². The molecule has 11 heteroatoms. The number of amides is 2. The van der Waals surface area contributed by atoms with E-state index in [9.17, 15) is 18.0 Å². The van der Waals surface area contributed by atoms with Crippen LogP contribution in [0.2, 0.25) is 0 Å². The monoisotopic (exact) mass is 493 g/mol. The predicted molar refractivity (Wildman–Crippen MR) is 131 cm³/mol. The average molecular weight is 494 g/mol. The van der Waals surface area contributed by atoms with Crippen LogP contribution in [0.25, 0.3) is 0 Å². The number of hydrogen-bond acceptors (Lipinski definition) is 6. The normalized spacial score (nSPS) is 21.0. The summed E-state index contributed by atoms with van der Waals surface area (Å²) in [7, 11) is -0.498. The summed E-state index contributed by atoms with van der Waals surface area (Å²) in [4.78, 5) is 25.9. The molecule has 0 spiro atoms. The lowest BCUT2D eigenvalue weighted by Gasteiger charge is -2.32. The molecular formula is C22H31N5O4S2. The molecular weight excluding hydrogens is 462 g/mol. The number of thiocarbonyl (C=S) groups is 1. The van der Waals surface area contributed by atoms with E-state index in [2.05, 4.69) is 20.7 Å². The molecule has 9 nitrogen and oxygen atoms in total. The molecule has 4 N–H and O–H groups in total. The number of carbonyl (C=O) groups is 2. The molecule has 3 rings (SSSR count). The van der Waals surface area contributed by atoms with Crippen molar-refractivity contribution in [3.63, 3.8) is 0 Å². The number of rotatable bonds is 10. The minimum absolute atomic E-state index is 0.0383. The lowest BCUT2D eigenvalue weighted by molar-refractivity contribution is -0.128. The molecule has 2 atom stereocenters. The topological polar surface area (TPSA) is 120 Å². The third-order valence-electron chi connectivity index (χ3n) is 6.33. The molecule has 2 aliphatic rings. The molecule has 33 heavy (non-hydrogen) atoms. The standard InChI is InChI=1S/C22H31N5O4S2/c1-5-22(14(2)12-23-20(22)29)11-17(24-13-28)15-6-9-18(27(3)4)19(10-15)33(30,31)26-21(32)25-16-7-8-16/h6,9-10,12-13,16-17H,5,7-8,11H2,1-4H3,(H,23,29)(H,24,28)(H2,25,26,32). The highest BCUT2D eigenvalue weighted by Gasteiger charge is 2.44. The lowest BCUT2D eigenvalue weighted by atomic mass is 9.73. The van der Waals surface area contributed by atoms with Crippen molar-refractivity contribution < 1.29 is 18.0 Å². The van der Waals surface area contributed by atoms with E-state index >= 15 is 0 Å². The van der Waals surface area contributed by atoms with Gasteiger partial charge >= 0.3 is 0 Å². The highest BCUT2D eigenvalue weighted by Crippen LogP contribution is 2.43. The van der Waals surface area contributed by atoms with Gasteiger partial charge in [-0.3, -0.25) is 14.3 Å². The molecule has 1 fully saturated rings. The minimum Gasteiger partial charge on any atom is -0.377 e. The number of carbonyl (C=O) groups excluding carboxylic acids is 2. The van der Waals surface area contributed by atoms with Crippen molar-refractivity contribution in [1.29, 1.82) is 0 Å². The Morgan fingerprint density at radius 1 is 1.36 bits per heavy atom. The third-order valence-corrected chi connectivity index (χ3v) is 8.06. The van der Waals surface area contributed by atoms with Crippen LogP contribution in [0.5, 0.6) is 0 Å². The summed E-state index contributed by atoms with van der Waals surface area (Å²) >= 11 is 5.18. The molecule has 2 unspecified atom stereocenters. The maximum atomic E-state index is 13.2. The highest BCUT2D eigenvalue weighted by molar-refractivity contribution is 7.92. The Balaban J connectivity index is 1.99. The summed E-state index contributed by atoms with van der Waals surface area (Å²) in [5, 5.41) is 8.57. The van der Waals surface area contributed by atoms with Gasteiger partial charge in [0, 0.05) is 26.3 Å². The van der Waals surface area contributed by atoms with Crippen LogP contribution in [0.3, 0.4) is 0 Å². The molecule has 1 aromatic carbocycles. The van der Waals surface area contributed by atoms with E-state index in [1.807, 2.05) is 13.8 Å². The summed E-state index contributed by atoms with van der Waals surface area (Å²) < 4.78 is 28.9. The van der Waals surface area contributed by atoms with E-state index < -0.39 is 21.5 Å². The van der Waals surface area contributed by atoms with Crippen LogP contribution in [-0.4, -0.2) is 46.0 Å². The summed E-state index contributed by atoms with van der Waals surface area (Å²) in [6.07, 6.45) is 5.02. The maximum absolute atomic E-state index is 13.2. The second-order valence-electron chi connectivity index (χ2n) is 8.75. The Morgan fingerprint density at radius 2 is 2.06 bits per heavy atom. The van der Waals surface area contributed by atoms with Crippen molar-refractivity contribution in [1.82, 2.24) is 20.7 Å². The van der Waals surface area contributed by atoms with Crippen LogP contribution in [-0.2, 0) is 19.6 Å². The lowest BCUT2D eigenvalue weighted by Crippen LogP contribution is -2.40. The molecule has 180 valence electrons. The van der Waals surface area contributed by atoms with Gasteiger partial charge in [0.25, 0.3) is 10.0 Å². The van der Waals surface area contributed by atoms with Gasteiger partial charge in [-0.05, 0) is 68.1 Å². The van der Waals surface area contributed by atoms with Crippen molar-refractivity contribution in [2.75, 3.05) is 19.0 Å². The Hall–Kier alpha value is -2.66. The zero-order valence-corrected chi connectivity index (χ0v) is 20.9. The average Bonchev–Trinajstić information content (AvgIpc) is 3.52. The third kappa shape index (κ3) is 5.30. The molecule has 0 saturated heterocycles. The van der Waals surface area contributed by atoms with Gasteiger partial charge in [0.05, 0.1) is 17.1 Å². The van der Waals surface area contributed by atoms with Crippen LogP contribution in [0.4, 0.5) is 5.69 Å². The molecule has 0 radical (unpaired) electrons. The fourth-order valence-electron chi connectivity index (χ4n) is 4.12. The molecule has 1 aromatic rings. The summed E-state index contributed by atoms with van der Waals surface area (Å²) in [5.74, 6) is -0.129. The molecule has 2 amide bonds. The fraction of sp³-hybridized carbons (Fsp3) is 0.500. The molecule has 0 bridgehead atoms. The summed E-state index contributed by atoms with van der Waals surface area (Å²) in [6, 6.07) is 4.63. The smallest absolute Gasteiger partial charge is 0.265 e. The molecule has 1 aliphatic heterocycles. The van der Waals surface area contributed by atoms with Gasteiger partial charge in [-0.25, -0.2) is 8.42 Å². The zero-order chi connectivity index (χ0) is 24.4. The van der Waals surface area contributed by atoms with Crippen molar-refractivity contribution in [3.05, 3.63) is 35.5 Å². The first-order valence-electron chi connectivity index (χ1n) is 10.9. The van der Waals surface area contributed by atoms with Crippen LogP contribution in [0, 0.1) is 5.41 Å². The maximum Gasteiger partial charge on any atom is 0.265 e. The zero-order valence-electron chi connectivity index (χ0n) is 19.3. The van der Waals surface area contributed by atoms with Crippen LogP contribution < -0.4 is 25.6 Å². The van der Waals surface area contributed by atoms with E-state index in [-0.39, 0.29) is 22.0 Å². The van der Waals surface area contributed by atoms with Crippen LogP contribution in [0.15, 0.2) is 34.9 Å². The van der Waals surface area contributed by atoms with Crippen molar-refractivity contribution in [3.8, 4) is 0 Å². The number of hydrogen-bond donors (Lipinski definition) is 4. The van der Waals surface area contributed by atoms with E-state index in [0.717, 1.165) is 18.4 Å². The van der Waals surface area contributed by atoms with Gasteiger partial charge < -0.3 is 20.9 Å². The van der Waals surface area contributed by atoms with Gasteiger partial charge in [0.2, 0.25) is 12.3 Å². The Kier molecular flexibility index (Phi) is 7.32. The number of anilines is 1. The van der Waals surface area contributed by atoms with Crippen molar-refractivity contribution >= 4 is 45.4 Å². The Labute approximate surface area is 200 Å². The number of nitrogens with zero attached hydrogens (tertiary/aromatic N) is 1. The molecule has 1 heterocycles. The SMILES string of the molecule is CCC1(CC(NC=O)c2ccc(N(C)C)c(S(=O)(=O)NC(=S)NC3CC3)c2)C(=O)NC=C1C. The Morgan fingerprint density at radius 3 is 2.58 bits per heavy atom. The first-order valence-corrected chi connectivity index (χ1v) is 12.8. The van der Waals surface area contributed by atoms with E-state index in [0.29, 0.717) is 30.5 Å². The molecule has 1 saturated carbocycles. The molecule has 0 aromatic heterocycles. The highest BCUT2D eigenvalue weighted by atomic mass is 32.2. The van der Waals surface area contributed by atoms with E-state index in [1.54, 1.807) is 37.3 Å². The van der Waals surface area contributed by atoms with Gasteiger partial charge in [0.1, 0.15) is 4.90 Å². The number of benzene rings is 1. The van der Waals surface area contributed by atoms with E-state index in [4.69, 9.17) is 12.2 Å². The number of nitrogens with one attached hydrogen (secondary N) is 4. The fourth-order valence-corrected chi connectivity index (χ4v) is 5.85. The Bertz CT molecular complexity index is 1080. The van der Waals surface area contributed by atoms with Gasteiger partial charge in [-0.1, -0.05) is 13.0 Å². The number of sulfonamides is 1. The van der Waals surface area contributed by atoms with Crippen molar-refractivity contribution in [2.45, 2.75) is 56.5 Å². The van der Waals surface area contributed by atoms with Crippen molar-refractivity contribution in [2.24, 2.45) is 5.41 Å². The predicted octanol–water partition coefficient (Wildman–Crippen LogP) is 1.68. The first-order chi connectivity index (χ1) is 15.5.